The number of carbonyl (C=O) groups excluding carboxylic acids is 1. The monoisotopic (exact) mass is 323 g/mol. The highest BCUT2D eigenvalue weighted by Crippen LogP contribution is 2.15. The third-order valence-corrected chi connectivity index (χ3v) is 4.44. The van der Waals surface area contributed by atoms with Crippen molar-refractivity contribution in [2.75, 3.05) is 25.2 Å². The molecule has 0 aliphatic rings. The fourth-order valence-electron chi connectivity index (χ4n) is 1.98. The number of sulfonamides is 1. The molecule has 0 bridgehead atoms. The van der Waals surface area contributed by atoms with Gasteiger partial charge in [0.1, 0.15) is 0 Å². The number of pyridine rings is 1. The van der Waals surface area contributed by atoms with Gasteiger partial charge in [0.2, 0.25) is 15.9 Å². The van der Waals surface area contributed by atoms with Gasteiger partial charge in [-0.1, -0.05) is 0 Å². The first-order chi connectivity index (χ1) is 10.2. The quantitative estimate of drug-likeness (QED) is 0.863. The number of nitrogens with one attached hydrogen (secondary N) is 2. The Hall–Kier alpha value is -2.19. The van der Waals surface area contributed by atoms with Crippen LogP contribution in [0.1, 0.15) is 5.69 Å². The molecule has 0 saturated carbocycles. The third-order valence-electron chi connectivity index (χ3n) is 3.18. The van der Waals surface area contributed by atoms with Gasteiger partial charge in [0.15, 0.2) is 5.43 Å². The van der Waals surface area contributed by atoms with Gasteiger partial charge in [0.05, 0.1) is 12.8 Å². The Labute approximate surface area is 128 Å². The maximum atomic E-state index is 11.9. The fourth-order valence-corrected chi connectivity index (χ4v) is 2.33. The van der Waals surface area contributed by atoms with E-state index in [2.05, 4.69) is 10.3 Å². The van der Waals surface area contributed by atoms with E-state index >= 15 is 0 Å². The number of hydrogen-bond donors (Lipinski definition) is 2. The molecule has 0 fully saturated rings. The highest BCUT2D eigenvalue weighted by atomic mass is 32.2. The number of benzene rings is 1. The number of H-pyrrole nitrogens is 1. The Morgan fingerprint density at radius 1 is 1.32 bits per heavy atom. The molecule has 1 aromatic carbocycles. The Bertz CT molecular complexity index is 887. The van der Waals surface area contributed by atoms with Crippen molar-refractivity contribution in [2.24, 2.45) is 0 Å². The molecule has 0 aliphatic heterocycles. The van der Waals surface area contributed by atoms with Crippen LogP contribution in [0.15, 0.2) is 29.1 Å². The molecule has 1 amide bonds. The number of aromatic nitrogens is 1. The standard InChI is InChI=1S/C14H17N3O4S/c1-9-6-13(18)11-7-10(4-5-12(11)15-9)16-14(19)8-17(2)22(3,20)21/h4-7H,8H2,1-3H3,(H,15,18)(H,16,19). The lowest BCUT2D eigenvalue weighted by atomic mass is 10.1. The van der Waals surface area contributed by atoms with Crippen molar-refractivity contribution in [1.82, 2.24) is 9.29 Å². The average Bonchev–Trinajstić information content (AvgIpc) is 2.38. The van der Waals surface area contributed by atoms with Crippen LogP contribution in [0.3, 0.4) is 0 Å². The van der Waals surface area contributed by atoms with Crippen molar-refractivity contribution < 1.29 is 13.2 Å². The van der Waals surface area contributed by atoms with E-state index in [-0.39, 0.29) is 12.0 Å². The number of nitrogens with zero attached hydrogens (tertiary/aromatic N) is 1. The number of aromatic amines is 1. The lowest BCUT2D eigenvalue weighted by molar-refractivity contribution is -0.116. The topological polar surface area (TPSA) is 99.3 Å². The van der Waals surface area contributed by atoms with Crippen LogP contribution in [-0.4, -0.2) is 43.5 Å². The van der Waals surface area contributed by atoms with Crippen LogP contribution >= 0.6 is 0 Å². The van der Waals surface area contributed by atoms with Gasteiger partial charge in [0, 0.05) is 35.4 Å². The van der Waals surface area contributed by atoms with Gasteiger partial charge in [-0.25, -0.2) is 8.42 Å². The molecule has 118 valence electrons. The van der Waals surface area contributed by atoms with E-state index in [0.717, 1.165) is 16.3 Å². The second-order valence-corrected chi connectivity index (χ2v) is 7.23. The van der Waals surface area contributed by atoms with Crippen molar-refractivity contribution in [3.05, 3.63) is 40.2 Å². The average molecular weight is 323 g/mol. The number of rotatable bonds is 4. The van der Waals surface area contributed by atoms with E-state index in [0.29, 0.717) is 16.6 Å². The summed E-state index contributed by atoms with van der Waals surface area (Å²) in [7, 11) is -2.10. The zero-order chi connectivity index (χ0) is 16.5. The molecule has 2 N–H and O–H groups in total. The molecular formula is C14H17N3O4S. The maximum absolute atomic E-state index is 11.9. The van der Waals surface area contributed by atoms with Crippen molar-refractivity contribution in [1.29, 1.82) is 0 Å². The minimum absolute atomic E-state index is 0.143. The molecule has 22 heavy (non-hydrogen) atoms. The summed E-state index contributed by atoms with van der Waals surface area (Å²) in [6.45, 7) is 1.50. The molecule has 0 unspecified atom stereocenters. The molecule has 0 aliphatic carbocycles. The minimum atomic E-state index is -3.42. The number of hydrogen-bond acceptors (Lipinski definition) is 4. The zero-order valence-electron chi connectivity index (χ0n) is 12.5. The lowest BCUT2D eigenvalue weighted by Gasteiger charge is -2.13. The number of amides is 1. The molecule has 0 atom stereocenters. The van der Waals surface area contributed by atoms with Crippen molar-refractivity contribution >= 4 is 32.5 Å². The summed E-state index contributed by atoms with van der Waals surface area (Å²) in [5, 5.41) is 3.04. The first-order valence-corrected chi connectivity index (χ1v) is 8.36. The first kappa shape index (κ1) is 16.2. The third kappa shape index (κ3) is 3.71. The predicted octanol–water partition coefficient (Wildman–Crippen LogP) is 0.666. The largest absolute Gasteiger partial charge is 0.358 e. The summed E-state index contributed by atoms with van der Waals surface area (Å²) >= 11 is 0. The summed E-state index contributed by atoms with van der Waals surface area (Å²) < 4.78 is 23.5. The summed E-state index contributed by atoms with van der Waals surface area (Å²) in [5.74, 6) is -0.476. The van der Waals surface area contributed by atoms with Crippen molar-refractivity contribution in [3.63, 3.8) is 0 Å². The van der Waals surface area contributed by atoms with Crippen LogP contribution in [0.4, 0.5) is 5.69 Å². The normalized spacial score (nSPS) is 11.8. The number of aryl methyl sites for hydroxylation is 1. The summed E-state index contributed by atoms with van der Waals surface area (Å²) in [5.41, 5.74) is 1.73. The Morgan fingerprint density at radius 3 is 2.64 bits per heavy atom. The van der Waals surface area contributed by atoms with E-state index in [9.17, 15) is 18.0 Å². The van der Waals surface area contributed by atoms with Crippen LogP contribution in [0.2, 0.25) is 0 Å². The number of fused-ring (bicyclic) bond motifs is 1. The van der Waals surface area contributed by atoms with Crippen LogP contribution < -0.4 is 10.7 Å². The van der Waals surface area contributed by atoms with Gasteiger partial charge in [-0.2, -0.15) is 4.31 Å². The van der Waals surface area contributed by atoms with E-state index in [1.807, 2.05) is 0 Å². The Morgan fingerprint density at radius 2 is 2.00 bits per heavy atom. The van der Waals surface area contributed by atoms with Crippen LogP contribution in [0.25, 0.3) is 10.9 Å². The molecule has 0 radical (unpaired) electrons. The molecule has 7 nitrogen and oxygen atoms in total. The van der Waals surface area contributed by atoms with E-state index < -0.39 is 15.9 Å². The van der Waals surface area contributed by atoms with Gasteiger partial charge in [0.25, 0.3) is 0 Å². The predicted molar refractivity (Wildman–Crippen MR) is 85.4 cm³/mol. The Kier molecular flexibility index (Phi) is 4.34. The minimum Gasteiger partial charge on any atom is -0.358 e. The summed E-state index contributed by atoms with van der Waals surface area (Å²) in [4.78, 5) is 26.8. The smallest absolute Gasteiger partial charge is 0.239 e. The molecule has 2 rings (SSSR count). The number of anilines is 1. The molecule has 0 saturated heterocycles. The summed E-state index contributed by atoms with van der Waals surface area (Å²) in [6.07, 6.45) is 1.03. The van der Waals surface area contributed by atoms with Gasteiger partial charge < -0.3 is 10.3 Å². The van der Waals surface area contributed by atoms with Gasteiger partial charge in [-0.05, 0) is 25.1 Å². The van der Waals surface area contributed by atoms with Crippen LogP contribution in [0.5, 0.6) is 0 Å². The van der Waals surface area contributed by atoms with Gasteiger partial charge >= 0.3 is 0 Å². The molecule has 1 aromatic heterocycles. The Balaban J connectivity index is 2.22. The number of carbonyl (C=O) groups is 1. The molecule has 8 heteroatoms. The zero-order valence-corrected chi connectivity index (χ0v) is 13.3. The SMILES string of the molecule is Cc1cc(=O)c2cc(NC(=O)CN(C)S(C)(=O)=O)ccc2[nH]1. The van der Waals surface area contributed by atoms with Crippen molar-refractivity contribution in [2.45, 2.75) is 6.92 Å². The second kappa shape index (κ2) is 5.90. The molecule has 2 aromatic rings. The highest BCUT2D eigenvalue weighted by Gasteiger charge is 2.15. The molecular weight excluding hydrogens is 306 g/mol. The van der Waals surface area contributed by atoms with E-state index in [4.69, 9.17) is 0 Å². The molecule has 0 spiro atoms. The molecule has 1 heterocycles. The lowest BCUT2D eigenvalue weighted by Crippen LogP contribution is -2.34. The summed E-state index contributed by atoms with van der Waals surface area (Å²) in [6, 6.07) is 6.38. The highest BCUT2D eigenvalue weighted by molar-refractivity contribution is 7.88. The van der Waals surface area contributed by atoms with Crippen LogP contribution in [-0.2, 0) is 14.8 Å². The second-order valence-electron chi connectivity index (χ2n) is 5.14. The van der Waals surface area contributed by atoms with Crippen LogP contribution in [0, 0.1) is 6.92 Å². The maximum Gasteiger partial charge on any atom is 0.239 e. The first-order valence-electron chi connectivity index (χ1n) is 6.51. The van der Waals surface area contributed by atoms with Crippen molar-refractivity contribution in [3.8, 4) is 0 Å². The fraction of sp³-hybridized carbons (Fsp3) is 0.286. The van der Waals surface area contributed by atoms with Gasteiger partial charge in [-0.15, -0.1) is 0 Å². The number of likely N-dealkylation sites (N-methyl/N-ethyl adjacent to an activating group) is 1. The van der Waals surface area contributed by atoms with E-state index in [1.165, 1.54) is 13.1 Å². The van der Waals surface area contributed by atoms with Gasteiger partial charge in [-0.3, -0.25) is 9.59 Å². The van der Waals surface area contributed by atoms with E-state index in [1.54, 1.807) is 25.1 Å².